The fourth-order valence-corrected chi connectivity index (χ4v) is 2.04. The summed E-state index contributed by atoms with van der Waals surface area (Å²) >= 11 is 0. The first-order chi connectivity index (χ1) is 8.58. The van der Waals surface area contributed by atoms with Crippen molar-refractivity contribution >= 4 is 0 Å². The standard InChI is InChI=1S/C15H21N3/c1-11(2)13-4-6-14(7-5-13)15(16)10-18-9-8-17-12(18)3/h4-9,11,15H,10,16H2,1-3H3. The van der Waals surface area contributed by atoms with Crippen molar-refractivity contribution in [3.05, 3.63) is 53.6 Å². The number of benzene rings is 1. The van der Waals surface area contributed by atoms with E-state index in [2.05, 4.69) is 47.7 Å². The molecule has 0 saturated heterocycles. The zero-order valence-electron chi connectivity index (χ0n) is 11.3. The van der Waals surface area contributed by atoms with E-state index in [1.807, 2.05) is 19.3 Å². The molecule has 0 aliphatic carbocycles. The molecular weight excluding hydrogens is 222 g/mol. The summed E-state index contributed by atoms with van der Waals surface area (Å²) < 4.78 is 2.08. The molecule has 0 aliphatic rings. The predicted molar refractivity (Wildman–Crippen MR) is 74.4 cm³/mol. The van der Waals surface area contributed by atoms with Crippen LogP contribution < -0.4 is 5.73 Å². The average molecular weight is 243 g/mol. The lowest BCUT2D eigenvalue weighted by molar-refractivity contribution is 0.564. The van der Waals surface area contributed by atoms with Gasteiger partial charge in [-0.25, -0.2) is 4.98 Å². The molecule has 0 amide bonds. The lowest BCUT2D eigenvalue weighted by Gasteiger charge is -2.15. The molecule has 0 saturated carbocycles. The molecule has 1 heterocycles. The highest BCUT2D eigenvalue weighted by molar-refractivity contribution is 5.26. The highest BCUT2D eigenvalue weighted by atomic mass is 15.1. The van der Waals surface area contributed by atoms with Crippen molar-refractivity contribution in [2.24, 2.45) is 5.73 Å². The van der Waals surface area contributed by atoms with E-state index in [1.165, 1.54) is 11.1 Å². The molecule has 1 aromatic carbocycles. The first kappa shape index (κ1) is 12.8. The molecule has 2 aromatic rings. The minimum atomic E-state index is 0.0131. The van der Waals surface area contributed by atoms with Gasteiger partial charge in [-0.15, -0.1) is 0 Å². The summed E-state index contributed by atoms with van der Waals surface area (Å²) in [6, 6.07) is 8.61. The minimum absolute atomic E-state index is 0.0131. The van der Waals surface area contributed by atoms with Gasteiger partial charge in [-0.1, -0.05) is 38.1 Å². The van der Waals surface area contributed by atoms with E-state index in [-0.39, 0.29) is 6.04 Å². The normalized spacial score (nSPS) is 12.9. The van der Waals surface area contributed by atoms with Gasteiger partial charge in [-0.05, 0) is 24.0 Å². The Bertz CT molecular complexity index is 497. The van der Waals surface area contributed by atoms with Gasteiger partial charge < -0.3 is 10.3 Å². The monoisotopic (exact) mass is 243 g/mol. The van der Waals surface area contributed by atoms with Crippen molar-refractivity contribution in [1.29, 1.82) is 0 Å². The number of imidazole rings is 1. The number of nitrogens with two attached hydrogens (primary N) is 1. The molecule has 2 rings (SSSR count). The zero-order chi connectivity index (χ0) is 13.1. The van der Waals surface area contributed by atoms with Gasteiger partial charge in [0.15, 0.2) is 0 Å². The molecule has 0 fully saturated rings. The average Bonchev–Trinajstić information content (AvgIpc) is 2.75. The summed E-state index contributed by atoms with van der Waals surface area (Å²) in [6.45, 7) is 7.16. The van der Waals surface area contributed by atoms with Crippen LogP contribution in [0.3, 0.4) is 0 Å². The van der Waals surface area contributed by atoms with E-state index >= 15 is 0 Å². The van der Waals surface area contributed by atoms with Crippen LogP contribution in [0.4, 0.5) is 0 Å². The molecule has 1 unspecified atom stereocenters. The van der Waals surface area contributed by atoms with Crippen LogP contribution in [0.25, 0.3) is 0 Å². The quantitative estimate of drug-likeness (QED) is 0.897. The predicted octanol–water partition coefficient (Wildman–Crippen LogP) is 3.01. The smallest absolute Gasteiger partial charge is 0.105 e. The van der Waals surface area contributed by atoms with Crippen LogP contribution >= 0.6 is 0 Å². The van der Waals surface area contributed by atoms with Crippen molar-refractivity contribution in [2.75, 3.05) is 0 Å². The maximum atomic E-state index is 6.23. The number of hydrogen-bond acceptors (Lipinski definition) is 2. The Hall–Kier alpha value is -1.61. The van der Waals surface area contributed by atoms with E-state index in [9.17, 15) is 0 Å². The number of hydrogen-bond donors (Lipinski definition) is 1. The Kier molecular flexibility index (Phi) is 3.82. The minimum Gasteiger partial charge on any atom is -0.333 e. The van der Waals surface area contributed by atoms with E-state index in [4.69, 9.17) is 5.73 Å². The number of aromatic nitrogens is 2. The molecular formula is C15H21N3. The summed E-state index contributed by atoms with van der Waals surface area (Å²) in [5.41, 5.74) is 8.76. The van der Waals surface area contributed by atoms with E-state index in [1.54, 1.807) is 0 Å². The van der Waals surface area contributed by atoms with Gasteiger partial charge >= 0.3 is 0 Å². The van der Waals surface area contributed by atoms with Crippen LogP contribution in [-0.4, -0.2) is 9.55 Å². The Balaban J connectivity index is 2.09. The maximum Gasteiger partial charge on any atom is 0.105 e. The molecule has 0 aliphatic heterocycles. The fourth-order valence-electron chi connectivity index (χ4n) is 2.04. The molecule has 3 heteroatoms. The van der Waals surface area contributed by atoms with Gasteiger partial charge in [0.05, 0.1) is 0 Å². The van der Waals surface area contributed by atoms with Gasteiger partial charge in [0.1, 0.15) is 5.82 Å². The zero-order valence-corrected chi connectivity index (χ0v) is 11.3. The Morgan fingerprint density at radius 1 is 1.17 bits per heavy atom. The molecule has 1 aromatic heterocycles. The van der Waals surface area contributed by atoms with Gasteiger partial charge in [0.25, 0.3) is 0 Å². The van der Waals surface area contributed by atoms with E-state index < -0.39 is 0 Å². The van der Waals surface area contributed by atoms with Gasteiger partial charge in [-0.2, -0.15) is 0 Å². The van der Waals surface area contributed by atoms with Crippen molar-refractivity contribution in [3.8, 4) is 0 Å². The summed E-state index contributed by atoms with van der Waals surface area (Å²) in [6.07, 6.45) is 3.78. The van der Waals surface area contributed by atoms with Gasteiger partial charge in [-0.3, -0.25) is 0 Å². The lowest BCUT2D eigenvalue weighted by Crippen LogP contribution is -2.18. The Morgan fingerprint density at radius 3 is 2.28 bits per heavy atom. The second kappa shape index (κ2) is 5.36. The molecule has 0 radical (unpaired) electrons. The second-order valence-corrected chi connectivity index (χ2v) is 5.05. The van der Waals surface area contributed by atoms with Crippen LogP contribution in [0.2, 0.25) is 0 Å². The van der Waals surface area contributed by atoms with E-state index in [0.29, 0.717) is 5.92 Å². The summed E-state index contributed by atoms with van der Waals surface area (Å²) in [5.74, 6) is 1.57. The van der Waals surface area contributed by atoms with Gasteiger partial charge in [0, 0.05) is 25.0 Å². The van der Waals surface area contributed by atoms with Crippen LogP contribution in [0.5, 0.6) is 0 Å². The SMILES string of the molecule is Cc1nccn1CC(N)c1ccc(C(C)C)cc1. The lowest BCUT2D eigenvalue weighted by atomic mass is 9.99. The summed E-state index contributed by atoms with van der Waals surface area (Å²) in [7, 11) is 0. The highest BCUT2D eigenvalue weighted by Gasteiger charge is 2.08. The summed E-state index contributed by atoms with van der Waals surface area (Å²) in [4.78, 5) is 4.21. The molecule has 0 bridgehead atoms. The van der Waals surface area contributed by atoms with Gasteiger partial charge in [0.2, 0.25) is 0 Å². The third kappa shape index (κ3) is 2.79. The summed E-state index contributed by atoms with van der Waals surface area (Å²) in [5, 5.41) is 0. The number of rotatable bonds is 4. The van der Waals surface area contributed by atoms with E-state index in [0.717, 1.165) is 12.4 Å². The molecule has 1 atom stereocenters. The fraction of sp³-hybridized carbons (Fsp3) is 0.400. The first-order valence-electron chi connectivity index (χ1n) is 6.41. The Morgan fingerprint density at radius 2 is 1.78 bits per heavy atom. The maximum absolute atomic E-state index is 6.23. The first-order valence-corrected chi connectivity index (χ1v) is 6.41. The van der Waals surface area contributed by atoms with Crippen LogP contribution in [0.1, 0.15) is 42.8 Å². The number of nitrogens with zero attached hydrogens (tertiary/aromatic N) is 2. The molecule has 96 valence electrons. The molecule has 2 N–H and O–H groups in total. The van der Waals surface area contributed by atoms with Crippen molar-refractivity contribution in [2.45, 2.75) is 39.3 Å². The van der Waals surface area contributed by atoms with Crippen LogP contribution in [-0.2, 0) is 6.54 Å². The third-order valence-electron chi connectivity index (χ3n) is 3.35. The van der Waals surface area contributed by atoms with Crippen molar-refractivity contribution in [1.82, 2.24) is 9.55 Å². The van der Waals surface area contributed by atoms with Crippen molar-refractivity contribution in [3.63, 3.8) is 0 Å². The second-order valence-electron chi connectivity index (χ2n) is 5.05. The molecule has 0 spiro atoms. The van der Waals surface area contributed by atoms with Crippen molar-refractivity contribution < 1.29 is 0 Å². The topological polar surface area (TPSA) is 43.8 Å². The molecule has 3 nitrogen and oxygen atoms in total. The van der Waals surface area contributed by atoms with Crippen LogP contribution in [0.15, 0.2) is 36.7 Å². The largest absolute Gasteiger partial charge is 0.333 e. The highest BCUT2D eigenvalue weighted by Crippen LogP contribution is 2.18. The molecule has 18 heavy (non-hydrogen) atoms. The number of aryl methyl sites for hydroxylation is 1. The third-order valence-corrected chi connectivity index (χ3v) is 3.35. The Labute approximate surface area is 109 Å². The van der Waals surface area contributed by atoms with Crippen LogP contribution in [0, 0.1) is 6.92 Å².